The molecule has 0 aliphatic rings. The number of pyridine rings is 1. The molecule has 3 nitrogen and oxygen atoms in total. The minimum absolute atomic E-state index is 0.501. The van der Waals surface area contributed by atoms with Crippen LogP contribution in [0.3, 0.4) is 0 Å². The number of anilines is 1. The number of hydrogen-bond donors (Lipinski definition) is 1. The van der Waals surface area contributed by atoms with E-state index in [9.17, 15) is 0 Å². The fraction of sp³-hybridized carbons (Fsp3) is 0.357. The maximum Gasteiger partial charge on any atom is 0.128 e. The predicted molar refractivity (Wildman–Crippen MR) is 72.8 cm³/mol. The first-order valence-electron chi connectivity index (χ1n) is 5.92. The molecule has 0 amide bonds. The lowest BCUT2D eigenvalue weighted by Gasteiger charge is -2.21. The smallest absolute Gasteiger partial charge is 0.128 e. The number of hydrogen-bond acceptors (Lipinski definition) is 3. The van der Waals surface area contributed by atoms with Crippen molar-refractivity contribution >= 4 is 16.7 Å². The number of fused-ring (bicyclic) bond motifs is 1. The van der Waals surface area contributed by atoms with Crippen molar-refractivity contribution in [3.63, 3.8) is 0 Å². The number of nitrogens with zero attached hydrogens (tertiary/aromatic N) is 2. The molecule has 0 bridgehead atoms. The molecule has 2 aromatic rings. The molecule has 2 rings (SSSR count). The number of benzene rings is 1. The normalized spacial score (nSPS) is 11.6. The lowest BCUT2D eigenvalue weighted by molar-refractivity contribution is 0.266. The van der Waals surface area contributed by atoms with Crippen LogP contribution in [0.1, 0.15) is 19.4 Å². The van der Waals surface area contributed by atoms with E-state index in [1.807, 2.05) is 18.2 Å². The van der Waals surface area contributed by atoms with Gasteiger partial charge in [-0.15, -0.1) is 0 Å². The molecule has 0 aliphatic heterocycles. The number of nitrogen functional groups attached to an aromatic ring is 1. The van der Waals surface area contributed by atoms with Gasteiger partial charge in [-0.05, 0) is 33.0 Å². The molecule has 0 atom stereocenters. The third kappa shape index (κ3) is 2.56. The van der Waals surface area contributed by atoms with Crippen LogP contribution < -0.4 is 5.73 Å². The maximum atomic E-state index is 6.00. The molecule has 0 fully saturated rings. The van der Waals surface area contributed by atoms with Gasteiger partial charge in [0.05, 0.1) is 5.52 Å². The van der Waals surface area contributed by atoms with Gasteiger partial charge < -0.3 is 5.73 Å². The molecule has 0 spiro atoms. The van der Waals surface area contributed by atoms with Crippen LogP contribution in [0.2, 0.25) is 0 Å². The van der Waals surface area contributed by atoms with Gasteiger partial charge in [0.1, 0.15) is 5.82 Å². The third-order valence-electron chi connectivity index (χ3n) is 3.14. The van der Waals surface area contributed by atoms with E-state index < -0.39 is 0 Å². The maximum absolute atomic E-state index is 6.00. The van der Waals surface area contributed by atoms with Crippen molar-refractivity contribution in [1.29, 1.82) is 0 Å². The zero-order valence-electron chi connectivity index (χ0n) is 10.6. The summed E-state index contributed by atoms with van der Waals surface area (Å²) >= 11 is 0. The van der Waals surface area contributed by atoms with E-state index in [0.717, 1.165) is 23.0 Å². The Kier molecular flexibility index (Phi) is 3.29. The molecule has 0 unspecified atom stereocenters. The van der Waals surface area contributed by atoms with Crippen molar-refractivity contribution in [3.8, 4) is 0 Å². The minimum Gasteiger partial charge on any atom is -0.383 e. The zero-order chi connectivity index (χ0) is 12.4. The molecule has 1 aromatic carbocycles. The highest BCUT2D eigenvalue weighted by Crippen LogP contribution is 2.19. The molecule has 0 saturated heterocycles. The first kappa shape index (κ1) is 11.9. The highest BCUT2D eigenvalue weighted by Gasteiger charge is 2.08. The van der Waals surface area contributed by atoms with Crippen LogP contribution in [0.25, 0.3) is 10.9 Å². The molecule has 0 aliphatic carbocycles. The van der Waals surface area contributed by atoms with Crippen molar-refractivity contribution in [2.24, 2.45) is 0 Å². The second-order valence-corrected chi connectivity index (χ2v) is 4.73. The van der Waals surface area contributed by atoms with Crippen molar-refractivity contribution in [1.82, 2.24) is 9.88 Å². The Morgan fingerprint density at radius 2 is 2.00 bits per heavy atom. The largest absolute Gasteiger partial charge is 0.383 e. The Morgan fingerprint density at radius 1 is 1.29 bits per heavy atom. The Balaban J connectivity index is 2.37. The van der Waals surface area contributed by atoms with Gasteiger partial charge in [-0.2, -0.15) is 0 Å². The number of rotatable bonds is 3. The second-order valence-electron chi connectivity index (χ2n) is 4.73. The van der Waals surface area contributed by atoms with E-state index in [4.69, 9.17) is 5.73 Å². The summed E-state index contributed by atoms with van der Waals surface area (Å²) in [7, 11) is 2.10. The van der Waals surface area contributed by atoms with Crippen molar-refractivity contribution in [3.05, 3.63) is 35.9 Å². The van der Waals surface area contributed by atoms with Gasteiger partial charge in [-0.3, -0.25) is 4.90 Å². The molecule has 0 saturated carbocycles. The number of para-hydroxylation sites is 1. The Morgan fingerprint density at radius 3 is 2.71 bits per heavy atom. The van der Waals surface area contributed by atoms with Crippen LogP contribution in [-0.2, 0) is 6.54 Å². The van der Waals surface area contributed by atoms with Gasteiger partial charge in [-0.25, -0.2) is 4.98 Å². The number of nitrogens with two attached hydrogens (primary N) is 1. The van der Waals surface area contributed by atoms with Crippen molar-refractivity contribution < 1.29 is 0 Å². The summed E-state index contributed by atoms with van der Waals surface area (Å²) in [5.41, 5.74) is 8.05. The van der Waals surface area contributed by atoms with Gasteiger partial charge in [0.15, 0.2) is 0 Å². The summed E-state index contributed by atoms with van der Waals surface area (Å²) in [5, 5.41) is 1.15. The highest BCUT2D eigenvalue weighted by molar-refractivity contribution is 5.81. The van der Waals surface area contributed by atoms with E-state index in [-0.39, 0.29) is 0 Å². The van der Waals surface area contributed by atoms with E-state index >= 15 is 0 Å². The lowest BCUT2D eigenvalue weighted by Crippen LogP contribution is -2.26. The molecule has 17 heavy (non-hydrogen) atoms. The van der Waals surface area contributed by atoms with Crippen LogP contribution in [0.15, 0.2) is 30.3 Å². The molecular weight excluding hydrogens is 210 g/mol. The molecule has 0 radical (unpaired) electrons. The van der Waals surface area contributed by atoms with Crippen molar-refractivity contribution in [2.45, 2.75) is 26.4 Å². The SMILES string of the molecule is CC(C)N(C)Cc1cc2ccccc2nc1N. The van der Waals surface area contributed by atoms with Crippen molar-refractivity contribution in [2.75, 3.05) is 12.8 Å². The quantitative estimate of drug-likeness (QED) is 0.879. The van der Waals surface area contributed by atoms with Gasteiger partial charge in [0, 0.05) is 23.5 Å². The van der Waals surface area contributed by atoms with Crippen LogP contribution in [-0.4, -0.2) is 23.0 Å². The summed E-state index contributed by atoms with van der Waals surface area (Å²) in [6.45, 7) is 5.18. The fourth-order valence-electron chi connectivity index (χ4n) is 1.75. The van der Waals surface area contributed by atoms with Crippen LogP contribution in [0.4, 0.5) is 5.82 Å². The van der Waals surface area contributed by atoms with Gasteiger partial charge in [-0.1, -0.05) is 18.2 Å². The monoisotopic (exact) mass is 229 g/mol. The second kappa shape index (κ2) is 4.72. The summed E-state index contributed by atoms with van der Waals surface area (Å²) in [6, 6.07) is 10.7. The standard InChI is InChI=1S/C14H19N3/c1-10(2)17(3)9-12-8-11-6-4-5-7-13(11)16-14(12)15/h4-8,10H,9H2,1-3H3,(H2,15,16). The Bertz CT molecular complexity index is 520. The molecular formula is C14H19N3. The van der Waals surface area contributed by atoms with Gasteiger partial charge in [0.2, 0.25) is 0 Å². The van der Waals surface area contributed by atoms with E-state index in [2.05, 4.69) is 42.9 Å². The number of aromatic nitrogens is 1. The third-order valence-corrected chi connectivity index (χ3v) is 3.14. The summed E-state index contributed by atoms with van der Waals surface area (Å²) in [6.07, 6.45) is 0. The topological polar surface area (TPSA) is 42.2 Å². The Labute approximate surface area is 102 Å². The summed E-state index contributed by atoms with van der Waals surface area (Å²) in [4.78, 5) is 6.69. The van der Waals surface area contributed by atoms with Crippen LogP contribution in [0.5, 0.6) is 0 Å². The summed E-state index contributed by atoms with van der Waals surface area (Å²) < 4.78 is 0. The molecule has 1 aromatic heterocycles. The molecule has 2 N–H and O–H groups in total. The van der Waals surface area contributed by atoms with Crippen LogP contribution in [0, 0.1) is 0 Å². The first-order chi connectivity index (χ1) is 8.08. The van der Waals surface area contributed by atoms with E-state index in [1.54, 1.807) is 0 Å². The molecule has 90 valence electrons. The van der Waals surface area contributed by atoms with Gasteiger partial charge in [0.25, 0.3) is 0 Å². The fourth-order valence-corrected chi connectivity index (χ4v) is 1.75. The molecule has 3 heteroatoms. The van der Waals surface area contributed by atoms with Gasteiger partial charge >= 0.3 is 0 Å². The Hall–Kier alpha value is -1.61. The molecule has 1 heterocycles. The average Bonchev–Trinajstić information content (AvgIpc) is 2.29. The van der Waals surface area contributed by atoms with Crippen LogP contribution >= 0.6 is 0 Å². The first-order valence-corrected chi connectivity index (χ1v) is 5.92. The minimum atomic E-state index is 0.501. The predicted octanol–water partition coefficient (Wildman–Crippen LogP) is 2.66. The van der Waals surface area contributed by atoms with E-state index in [0.29, 0.717) is 11.9 Å². The zero-order valence-corrected chi connectivity index (χ0v) is 10.6. The average molecular weight is 229 g/mol. The highest BCUT2D eigenvalue weighted by atomic mass is 15.1. The lowest BCUT2D eigenvalue weighted by atomic mass is 10.1. The summed E-state index contributed by atoms with van der Waals surface area (Å²) in [5.74, 6) is 0.635. The van der Waals surface area contributed by atoms with E-state index in [1.165, 1.54) is 0 Å².